The Hall–Kier alpha value is -0.980. The van der Waals surface area contributed by atoms with Crippen molar-refractivity contribution in [1.82, 2.24) is 4.90 Å². The quantitative estimate of drug-likeness (QED) is 0.0498. The highest BCUT2D eigenvalue weighted by atomic mass is 16.6. The van der Waals surface area contributed by atoms with Gasteiger partial charge in [0.15, 0.2) is 0 Å². The van der Waals surface area contributed by atoms with Crippen molar-refractivity contribution in [2.75, 3.05) is 53.2 Å². The minimum atomic E-state index is 0.0823. The Morgan fingerprint density at radius 3 is 2.21 bits per heavy atom. The summed E-state index contributed by atoms with van der Waals surface area (Å²) in [5, 5.41) is 0. The van der Waals surface area contributed by atoms with Crippen LogP contribution in [0.5, 0.6) is 0 Å². The van der Waals surface area contributed by atoms with Crippen molar-refractivity contribution >= 4 is 0 Å². The van der Waals surface area contributed by atoms with Crippen LogP contribution in [0, 0.1) is 46.3 Å². The smallest absolute Gasteiger partial charge is 0.0936 e. The van der Waals surface area contributed by atoms with E-state index in [1.807, 2.05) is 7.11 Å². The van der Waals surface area contributed by atoms with Crippen LogP contribution in [-0.2, 0) is 18.9 Å². The average molecular weight is 864 g/mol. The molecule has 5 rings (SSSR count). The molecule has 3 saturated carbocycles. The van der Waals surface area contributed by atoms with E-state index in [9.17, 15) is 0 Å². The van der Waals surface area contributed by atoms with Crippen LogP contribution in [0.2, 0.25) is 0 Å². The maximum absolute atomic E-state index is 6.64. The summed E-state index contributed by atoms with van der Waals surface area (Å²) in [6.07, 6.45) is 47.2. The predicted molar refractivity (Wildman–Crippen MR) is 264 cm³/mol. The van der Waals surface area contributed by atoms with Crippen LogP contribution in [0.15, 0.2) is 36.0 Å². The fourth-order valence-electron chi connectivity index (χ4n) is 13.6. The summed E-state index contributed by atoms with van der Waals surface area (Å²) in [4.78, 5) is 2.51. The number of nitrogens with zero attached hydrogens (tertiary/aromatic N) is 1. The fourth-order valence-corrected chi connectivity index (χ4v) is 13.6. The van der Waals surface area contributed by atoms with Crippen molar-refractivity contribution in [3.63, 3.8) is 0 Å². The topological polar surface area (TPSA) is 40.2 Å². The van der Waals surface area contributed by atoms with Crippen molar-refractivity contribution in [3.8, 4) is 0 Å². The molecule has 5 heteroatoms. The molecule has 0 radical (unpaired) electrons. The van der Waals surface area contributed by atoms with Crippen molar-refractivity contribution < 1.29 is 18.9 Å². The molecule has 2 unspecified atom stereocenters. The Kier molecular flexibility index (Phi) is 23.7. The third kappa shape index (κ3) is 16.1. The van der Waals surface area contributed by atoms with E-state index in [0.29, 0.717) is 42.9 Å². The summed E-state index contributed by atoms with van der Waals surface area (Å²) in [5.41, 5.74) is 2.67. The minimum absolute atomic E-state index is 0.0823. The van der Waals surface area contributed by atoms with E-state index in [0.717, 1.165) is 87.4 Å². The van der Waals surface area contributed by atoms with Crippen molar-refractivity contribution in [2.45, 2.75) is 227 Å². The first-order valence-electron chi connectivity index (χ1n) is 27.2. The van der Waals surface area contributed by atoms with Crippen LogP contribution in [0.3, 0.4) is 0 Å². The van der Waals surface area contributed by atoms with E-state index in [-0.39, 0.29) is 6.10 Å². The third-order valence-electron chi connectivity index (χ3n) is 17.4. The lowest BCUT2D eigenvalue weighted by atomic mass is 9.47. The molecule has 62 heavy (non-hydrogen) atoms. The van der Waals surface area contributed by atoms with E-state index in [1.54, 1.807) is 5.57 Å². The van der Waals surface area contributed by atoms with Gasteiger partial charge in [0.05, 0.1) is 38.1 Å². The van der Waals surface area contributed by atoms with E-state index >= 15 is 0 Å². The van der Waals surface area contributed by atoms with E-state index in [1.165, 1.54) is 141 Å². The summed E-state index contributed by atoms with van der Waals surface area (Å²) in [5.74, 6) is 5.35. The van der Waals surface area contributed by atoms with E-state index < -0.39 is 0 Å². The molecule has 0 aromatic rings. The Balaban J connectivity index is 0.948. The normalized spacial score (nSPS) is 31.2. The maximum Gasteiger partial charge on any atom is 0.0936 e. The molecule has 5 aliphatic rings. The number of methoxy groups -OCH3 is 1. The monoisotopic (exact) mass is 864 g/mol. The zero-order valence-corrected chi connectivity index (χ0v) is 42.0. The van der Waals surface area contributed by atoms with Crippen LogP contribution in [0.1, 0.15) is 208 Å². The molecular formula is C57H101NO4. The average Bonchev–Trinajstić information content (AvgIpc) is 3.87. The lowest BCUT2D eigenvalue weighted by molar-refractivity contribution is -0.0795. The maximum atomic E-state index is 6.64. The van der Waals surface area contributed by atoms with Gasteiger partial charge in [0.2, 0.25) is 0 Å². The number of fused-ring (bicyclic) bond motifs is 5. The second-order valence-electron chi connectivity index (χ2n) is 22.3. The highest BCUT2D eigenvalue weighted by Gasteiger charge is 2.59. The second kappa shape index (κ2) is 28.3. The fraction of sp³-hybridized carbons (Fsp3) is 0.895. The van der Waals surface area contributed by atoms with Crippen LogP contribution < -0.4 is 0 Å². The number of hydrogen-bond acceptors (Lipinski definition) is 5. The SMILES string of the molecule is CCCCC/C=C\C/C=C\CCCCCCCCCCOCC(CN1CCC(OC)C1)OCCO[C@H]1CC[C@@]2(C)C(=CC[C@H]3[C@@H]4CC[C@H]([C@H](C)CCCC(C)C)[C@@]4(C)CC[C@@H]32)C1. The molecule has 0 amide bonds. The Morgan fingerprint density at radius 1 is 0.742 bits per heavy atom. The first kappa shape index (κ1) is 52.0. The van der Waals surface area contributed by atoms with Crippen LogP contribution in [0.25, 0.3) is 0 Å². The van der Waals surface area contributed by atoms with Crippen molar-refractivity contribution in [3.05, 3.63) is 36.0 Å². The van der Waals surface area contributed by atoms with Gasteiger partial charge in [0, 0.05) is 33.4 Å². The van der Waals surface area contributed by atoms with Gasteiger partial charge in [-0.3, -0.25) is 4.90 Å². The second-order valence-corrected chi connectivity index (χ2v) is 22.3. The van der Waals surface area contributed by atoms with Crippen molar-refractivity contribution in [1.29, 1.82) is 0 Å². The molecule has 1 aliphatic heterocycles. The Labute approximate surface area is 384 Å². The minimum Gasteiger partial charge on any atom is -0.380 e. The van der Waals surface area contributed by atoms with Gasteiger partial charge >= 0.3 is 0 Å². The first-order valence-corrected chi connectivity index (χ1v) is 27.2. The highest BCUT2D eigenvalue weighted by Crippen LogP contribution is 2.67. The predicted octanol–water partition coefficient (Wildman–Crippen LogP) is 15.1. The lowest BCUT2D eigenvalue weighted by Gasteiger charge is -2.58. The summed E-state index contributed by atoms with van der Waals surface area (Å²) in [6.45, 7) is 20.9. The number of unbranched alkanes of at least 4 members (excludes halogenated alkanes) is 11. The first-order chi connectivity index (χ1) is 30.2. The summed E-state index contributed by atoms with van der Waals surface area (Å²) >= 11 is 0. The van der Waals surface area contributed by atoms with E-state index in [4.69, 9.17) is 18.9 Å². The molecule has 0 N–H and O–H groups in total. The molecule has 1 saturated heterocycles. The highest BCUT2D eigenvalue weighted by molar-refractivity contribution is 5.25. The molecule has 4 aliphatic carbocycles. The number of rotatable bonds is 32. The van der Waals surface area contributed by atoms with Crippen molar-refractivity contribution in [2.24, 2.45) is 46.3 Å². The molecule has 4 fully saturated rings. The molecule has 0 bridgehead atoms. The van der Waals surface area contributed by atoms with Gasteiger partial charge in [0.25, 0.3) is 0 Å². The summed E-state index contributed by atoms with van der Waals surface area (Å²) in [6, 6.07) is 0. The van der Waals surface area contributed by atoms with Gasteiger partial charge in [0.1, 0.15) is 0 Å². The standard InChI is InChI=1S/C57H101NO4/c1-8-9-10-11-12-13-14-15-16-17-18-19-20-21-22-23-24-25-39-60-45-51(44-58-38-35-50(43-58)59-7)62-41-40-61-49-33-36-56(5)48(42-49)29-30-52-54-32-31-53(47(4)28-26-27-46(2)3)57(54,6)37-34-55(52)56/h12-13,15-16,29,46-47,49-55H,8-11,14,17-28,30-45H2,1-7H3/b13-12-,16-15-/t47-,49+,50?,51?,52+,53-,54+,55+,56+,57-/m1/s1. The van der Waals surface area contributed by atoms with Gasteiger partial charge in [-0.1, -0.05) is 148 Å². The van der Waals surface area contributed by atoms with Gasteiger partial charge in [-0.25, -0.2) is 0 Å². The molecule has 10 atom stereocenters. The zero-order chi connectivity index (χ0) is 44.0. The van der Waals surface area contributed by atoms with Crippen LogP contribution in [0.4, 0.5) is 0 Å². The Morgan fingerprint density at radius 2 is 1.48 bits per heavy atom. The molecule has 1 heterocycles. The zero-order valence-electron chi connectivity index (χ0n) is 42.0. The number of allylic oxidation sites excluding steroid dienone is 5. The number of ether oxygens (including phenoxy) is 4. The Bertz CT molecular complexity index is 1290. The molecule has 0 aromatic carbocycles. The molecule has 5 nitrogen and oxygen atoms in total. The number of hydrogen-bond donors (Lipinski definition) is 0. The van der Waals surface area contributed by atoms with Crippen LogP contribution >= 0.6 is 0 Å². The third-order valence-corrected chi connectivity index (χ3v) is 17.4. The largest absolute Gasteiger partial charge is 0.380 e. The molecule has 0 aromatic heterocycles. The van der Waals surface area contributed by atoms with Crippen LogP contribution in [-0.4, -0.2) is 76.4 Å². The van der Waals surface area contributed by atoms with Gasteiger partial charge in [-0.05, 0) is 143 Å². The molecule has 358 valence electrons. The van der Waals surface area contributed by atoms with Gasteiger partial charge in [-0.15, -0.1) is 0 Å². The summed E-state index contributed by atoms with van der Waals surface area (Å²) < 4.78 is 25.2. The van der Waals surface area contributed by atoms with E-state index in [2.05, 4.69) is 76.8 Å². The lowest BCUT2D eigenvalue weighted by Crippen LogP contribution is -2.51. The number of likely N-dealkylation sites (tertiary alicyclic amines) is 1. The van der Waals surface area contributed by atoms with Gasteiger partial charge in [-0.2, -0.15) is 0 Å². The summed E-state index contributed by atoms with van der Waals surface area (Å²) in [7, 11) is 1.85. The van der Waals surface area contributed by atoms with Gasteiger partial charge < -0.3 is 18.9 Å². The molecule has 0 spiro atoms. The molecular weight excluding hydrogens is 763 g/mol.